The first-order valence-corrected chi connectivity index (χ1v) is 11.3. The van der Waals surface area contributed by atoms with Gasteiger partial charge in [0.2, 0.25) is 10.0 Å². The average molecular weight is 523 g/mol. The van der Waals surface area contributed by atoms with Crippen LogP contribution in [0.2, 0.25) is 0 Å². The molecule has 160 valence electrons. The van der Waals surface area contributed by atoms with Crippen LogP contribution in [0.5, 0.6) is 0 Å². The molecule has 1 aromatic rings. The number of rotatable bonds is 8. The van der Waals surface area contributed by atoms with Crippen LogP contribution in [0.3, 0.4) is 0 Å². The molecule has 0 aromatic heterocycles. The number of aliphatic imine (C=N–C) groups is 1. The zero-order valence-electron chi connectivity index (χ0n) is 16.9. The van der Waals surface area contributed by atoms with Crippen molar-refractivity contribution in [2.75, 3.05) is 32.7 Å². The van der Waals surface area contributed by atoms with Crippen LogP contribution < -0.4 is 15.8 Å². The number of primary sulfonamides is 1. The van der Waals surface area contributed by atoms with Crippen molar-refractivity contribution in [3.63, 3.8) is 0 Å². The molecular formula is C19H34IN5O2S. The standard InChI is InChI=1S/C19H33N5O2S.HI/c1-3-21-19(22-11-4-12-24-13-9-16(2)10-14-24)23-15-17-5-7-18(8-6-17)27(20,25)26;/h5-8,16H,3-4,9-15H2,1-2H3,(H2,20,25,26)(H2,21,22,23);1H. The summed E-state index contributed by atoms with van der Waals surface area (Å²) in [5.41, 5.74) is 0.932. The quantitative estimate of drug-likeness (QED) is 0.210. The normalized spacial score (nSPS) is 16.5. The number of sulfonamides is 1. The van der Waals surface area contributed by atoms with Crippen molar-refractivity contribution < 1.29 is 8.42 Å². The van der Waals surface area contributed by atoms with Crippen molar-refractivity contribution in [3.05, 3.63) is 29.8 Å². The number of nitrogens with zero attached hydrogens (tertiary/aromatic N) is 2. The lowest BCUT2D eigenvalue weighted by Crippen LogP contribution is -2.39. The topological polar surface area (TPSA) is 99.8 Å². The maximum absolute atomic E-state index is 11.3. The monoisotopic (exact) mass is 523 g/mol. The van der Waals surface area contributed by atoms with Gasteiger partial charge in [0.05, 0.1) is 11.4 Å². The van der Waals surface area contributed by atoms with Crippen molar-refractivity contribution in [1.82, 2.24) is 15.5 Å². The molecule has 0 bridgehead atoms. The summed E-state index contributed by atoms with van der Waals surface area (Å²) >= 11 is 0. The molecule has 4 N–H and O–H groups in total. The lowest BCUT2D eigenvalue weighted by atomic mass is 9.99. The second-order valence-corrected chi connectivity index (χ2v) is 8.75. The molecule has 0 atom stereocenters. The first kappa shape index (κ1) is 25.1. The van der Waals surface area contributed by atoms with Gasteiger partial charge in [-0.2, -0.15) is 0 Å². The smallest absolute Gasteiger partial charge is 0.238 e. The number of guanidine groups is 1. The van der Waals surface area contributed by atoms with Gasteiger partial charge in [0, 0.05) is 13.1 Å². The fourth-order valence-electron chi connectivity index (χ4n) is 3.09. The average Bonchev–Trinajstić information content (AvgIpc) is 2.64. The van der Waals surface area contributed by atoms with E-state index in [1.165, 1.54) is 38.1 Å². The minimum Gasteiger partial charge on any atom is -0.357 e. The van der Waals surface area contributed by atoms with Crippen molar-refractivity contribution in [1.29, 1.82) is 0 Å². The Hall–Kier alpha value is -0.910. The molecule has 0 amide bonds. The third-order valence-electron chi connectivity index (χ3n) is 4.84. The molecule has 7 nitrogen and oxygen atoms in total. The van der Waals surface area contributed by atoms with Gasteiger partial charge in [0.1, 0.15) is 0 Å². The molecule has 1 saturated heterocycles. The lowest BCUT2D eigenvalue weighted by Gasteiger charge is -2.30. The van der Waals surface area contributed by atoms with Gasteiger partial charge in [-0.05, 0) is 69.4 Å². The van der Waals surface area contributed by atoms with Gasteiger partial charge in [-0.15, -0.1) is 24.0 Å². The Morgan fingerprint density at radius 1 is 1.21 bits per heavy atom. The number of hydrogen-bond donors (Lipinski definition) is 3. The summed E-state index contributed by atoms with van der Waals surface area (Å²) in [6, 6.07) is 6.51. The van der Waals surface area contributed by atoms with Gasteiger partial charge in [0.15, 0.2) is 5.96 Å². The van der Waals surface area contributed by atoms with Crippen molar-refractivity contribution in [3.8, 4) is 0 Å². The lowest BCUT2D eigenvalue weighted by molar-refractivity contribution is 0.191. The van der Waals surface area contributed by atoms with Crippen LogP contribution in [0.15, 0.2) is 34.2 Å². The SMILES string of the molecule is CCNC(=NCc1ccc(S(N)(=O)=O)cc1)NCCCN1CCC(C)CC1.I. The van der Waals surface area contributed by atoms with Gasteiger partial charge in [-0.1, -0.05) is 19.1 Å². The molecule has 1 aliphatic heterocycles. The van der Waals surface area contributed by atoms with Gasteiger partial charge in [-0.3, -0.25) is 0 Å². The maximum atomic E-state index is 11.3. The third-order valence-corrected chi connectivity index (χ3v) is 5.76. The Morgan fingerprint density at radius 3 is 2.43 bits per heavy atom. The molecule has 0 spiro atoms. The second kappa shape index (κ2) is 12.6. The molecule has 28 heavy (non-hydrogen) atoms. The highest BCUT2D eigenvalue weighted by molar-refractivity contribution is 14.0. The van der Waals surface area contributed by atoms with E-state index in [4.69, 9.17) is 5.14 Å². The molecule has 1 aliphatic rings. The Morgan fingerprint density at radius 2 is 1.86 bits per heavy atom. The second-order valence-electron chi connectivity index (χ2n) is 7.19. The Labute approximate surface area is 186 Å². The number of likely N-dealkylation sites (tertiary alicyclic amines) is 1. The largest absolute Gasteiger partial charge is 0.357 e. The van der Waals surface area contributed by atoms with Crippen LogP contribution in [0.1, 0.15) is 38.7 Å². The van der Waals surface area contributed by atoms with Crippen molar-refractivity contribution in [2.24, 2.45) is 16.0 Å². The molecule has 1 aromatic carbocycles. The van der Waals surface area contributed by atoms with E-state index < -0.39 is 10.0 Å². The number of nitrogens with one attached hydrogen (secondary N) is 2. The van der Waals surface area contributed by atoms with E-state index in [-0.39, 0.29) is 28.9 Å². The van der Waals surface area contributed by atoms with Crippen LogP contribution in [0, 0.1) is 5.92 Å². The van der Waals surface area contributed by atoms with E-state index in [0.717, 1.165) is 43.5 Å². The van der Waals surface area contributed by atoms with Crippen LogP contribution >= 0.6 is 24.0 Å². The van der Waals surface area contributed by atoms with Gasteiger partial charge >= 0.3 is 0 Å². The van der Waals surface area contributed by atoms with Gasteiger partial charge in [-0.25, -0.2) is 18.5 Å². The summed E-state index contributed by atoms with van der Waals surface area (Å²) in [6.45, 7) is 10.1. The summed E-state index contributed by atoms with van der Waals surface area (Å²) < 4.78 is 22.6. The van der Waals surface area contributed by atoms with Crippen LogP contribution in [0.4, 0.5) is 0 Å². The number of halogens is 1. The van der Waals surface area contributed by atoms with E-state index in [0.29, 0.717) is 6.54 Å². The molecule has 0 aliphatic carbocycles. The molecule has 2 rings (SSSR count). The zero-order chi connectivity index (χ0) is 19.7. The fraction of sp³-hybridized carbons (Fsp3) is 0.632. The summed E-state index contributed by atoms with van der Waals surface area (Å²) in [6.07, 6.45) is 3.70. The zero-order valence-corrected chi connectivity index (χ0v) is 20.0. The molecule has 0 unspecified atom stereocenters. The number of piperidine rings is 1. The van der Waals surface area contributed by atoms with E-state index in [2.05, 4.69) is 27.4 Å². The fourth-order valence-corrected chi connectivity index (χ4v) is 3.61. The van der Waals surface area contributed by atoms with Crippen LogP contribution in [-0.4, -0.2) is 52.0 Å². The van der Waals surface area contributed by atoms with E-state index >= 15 is 0 Å². The Kier molecular flexibility index (Phi) is 11.3. The highest BCUT2D eigenvalue weighted by Gasteiger charge is 2.14. The molecule has 9 heteroatoms. The van der Waals surface area contributed by atoms with E-state index in [1.807, 2.05) is 6.92 Å². The summed E-state index contributed by atoms with van der Waals surface area (Å²) in [5, 5.41) is 11.7. The van der Waals surface area contributed by atoms with Crippen LogP contribution in [0.25, 0.3) is 0 Å². The molecule has 0 saturated carbocycles. The van der Waals surface area contributed by atoms with E-state index in [1.54, 1.807) is 12.1 Å². The molecule has 0 radical (unpaired) electrons. The van der Waals surface area contributed by atoms with Crippen molar-refractivity contribution >= 4 is 40.0 Å². The third kappa shape index (κ3) is 9.06. The number of hydrogen-bond acceptors (Lipinski definition) is 4. The predicted octanol–water partition coefficient (Wildman–Crippen LogP) is 2.13. The van der Waals surface area contributed by atoms with Gasteiger partial charge in [0.25, 0.3) is 0 Å². The Bertz CT molecular complexity index is 702. The molecule has 1 fully saturated rings. The minimum atomic E-state index is -3.65. The Balaban J connectivity index is 0.00000392. The maximum Gasteiger partial charge on any atom is 0.238 e. The predicted molar refractivity (Wildman–Crippen MR) is 126 cm³/mol. The molecule has 1 heterocycles. The molecular weight excluding hydrogens is 489 g/mol. The van der Waals surface area contributed by atoms with E-state index in [9.17, 15) is 8.42 Å². The first-order valence-electron chi connectivity index (χ1n) is 9.74. The minimum absolute atomic E-state index is 0. The van der Waals surface area contributed by atoms with Crippen LogP contribution in [-0.2, 0) is 16.6 Å². The summed E-state index contributed by atoms with van der Waals surface area (Å²) in [4.78, 5) is 7.23. The number of nitrogens with two attached hydrogens (primary N) is 1. The summed E-state index contributed by atoms with van der Waals surface area (Å²) in [7, 11) is -3.65. The van der Waals surface area contributed by atoms with Crippen molar-refractivity contribution in [2.45, 2.75) is 44.6 Å². The van der Waals surface area contributed by atoms with Gasteiger partial charge < -0.3 is 15.5 Å². The highest BCUT2D eigenvalue weighted by Crippen LogP contribution is 2.15. The summed E-state index contributed by atoms with van der Waals surface area (Å²) in [5.74, 6) is 1.64. The highest BCUT2D eigenvalue weighted by atomic mass is 127. The first-order chi connectivity index (χ1) is 12.9. The number of benzene rings is 1.